The van der Waals surface area contributed by atoms with Crippen molar-refractivity contribution in [3.8, 4) is 0 Å². The minimum Gasteiger partial charge on any atom is -0.379 e. The van der Waals surface area contributed by atoms with Crippen molar-refractivity contribution in [2.75, 3.05) is 63.1 Å². The molecule has 4 aliphatic rings. The van der Waals surface area contributed by atoms with E-state index in [2.05, 4.69) is 20.9 Å². The summed E-state index contributed by atoms with van der Waals surface area (Å²) in [5, 5.41) is 7.80. The number of carbonyl (C=O) groups is 4. The monoisotopic (exact) mass is 598 g/mol. The van der Waals surface area contributed by atoms with Crippen LogP contribution in [0.5, 0.6) is 0 Å². The van der Waals surface area contributed by atoms with Crippen molar-refractivity contribution >= 4 is 40.0 Å². The van der Waals surface area contributed by atoms with Crippen LogP contribution in [0, 0.1) is 0 Å². The van der Waals surface area contributed by atoms with Gasteiger partial charge in [0.25, 0.3) is 11.8 Å². The minimum absolute atomic E-state index is 0.0420. The van der Waals surface area contributed by atoms with Crippen molar-refractivity contribution in [2.45, 2.75) is 23.0 Å². The lowest BCUT2D eigenvalue weighted by Gasteiger charge is -2.43. The third-order valence-corrected chi connectivity index (χ3v) is 10.1. The number of likely N-dealkylation sites (tertiary alicyclic amines) is 1. The number of para-hydroxylation sites is 1. The molecule has 1 spiro atoms. The Morgan fingerprint density at radius 1 is 1.05 bits per heavy atom. The molecule has 14 heteroatoms. The Morgan fingerprint density at radius 3 is 2.50 bits per heavy atom. The number of carbonyl (C=O) groups excluding carboxylic acids is 4. The van der Waals surface area contributed by atoms with Crippen LogP contribution in [0.4, 0.5) is 10.5 Å². The molecular weight excluding hydrogens is 564 g/mol. The van der Waals surface area contributed by atoms with Gasteiger partial charge in [-0.15, -0.1) is 0 Å². The average molecular weight is 599 g/mol. The van der Waals surface area contributed by atoms with E-state index in [0.717, 1.165) is 11.3 Å². The van der Waals surface area contributed by atoms with Gasteiger partial charge in [-0.3, -0.25) is 33.7 Å². The molecule has 4 heterocycles. The van der Waals surface area contributed by atoms with Gasteiger partial charge in [-0.05, 0) is 29.8 Å². The summed E-state index contributed by atoms with van der Waals surface area (Å²) in [4.78, 5) is 57.6. The van der Waals surface area contributed by atoms with Gasteiger partial charge >= 0.3 is 6.03 Å². The number of ether oxygens (including phenoxy) is 1. The molecule has 2 atom stereocenters. The summed E-state index contributed by atoms with van der Waals surface area (Å²) in [7, 11) is -2.81. The minimum atomic E-state index is -2.81. The van der Waals surface area contributed by atoms with Crippen LogP contribution in [-0.2, 0) is 20.9 Å². The molecule has 5 N–H and O–H groups in total. The van der Waals surface area contributed by atoms with Crippen LogP contribution < -0.4 is 20.9 Å². The van der Waals surface area contributed by atoms with Crippen LogP contribution in [0.15, 0.2) is 53.4 Å². The predicted molar refractivity (Wildman–Crippen MR) is 154 cm³/mol. The first-order valence-corrected chi connectivity index (χ1v) is 15.6. The van der Waals surface area contributed by atoms with Crippen LogP contribution in [0.3, 0.4) is 0 Å². The summed E-state index contributed by atoms with van der Waals surface area (Å²) >= 11 is 0. The number of nitrogens with one attached hydrogen (secondary N) is 3. The summed E-state index contributed by atoms with van der Waals surface area (Å²) in [5.41, 5.74) is 0.622. The maximum Gasteiger partial charge on any atom is 0.322 e. The number of hydrogen-bond donors (Lipinski definition) is 5. The van der Waals surface area contributed by atoms with Crippen molar-refractivity contribution in [2.24, 2.45) is 0 Å². The number of amides is 5. The van der Waals surface area contributed by atoms with Crippen molar-refractivity contribution in [1.82, 2.24) is 25.8 Å². The standard InChI is InChI=1S/C28H34N6O7S/c35-24(17-32-9-12-41-13-10-32)34-16-23(28(18-34)26(37)30-27(38)31-28)29-25(36)20-7-5-19(6-8-20)15-33-11-14-42(39,40)22-4-2-1-3-21(22)33/h1-8,23,39-40H,9-18H2,(H,29,36)(H2,30,31,37,38). The van der Waals surface area contributed by atoms with E-state index in [0.29, 0.717) is 49.9 Å². The molecule has 0 radical (unpaired) electrons. The number of hydrogen-bond acceptors (Lipinski definition) is 9. The molecule has 3 saturated heterocycles. The Hall–Kier alpha value is -3.69. The average Bonchev–Trinajstić information content (AvgIpc) is 3.48. The molecule has 2 aromatic rings. The number of fused-ring (bicyclic) bond motifs is 1. The van der Waals surface area contributed by atoms with Crippen molar-refractivity contribution in [3.63, 3.8) is 0 Å². The van der Waals surface area contributed by atoms with Gasteiger partial charge < -0.3 is 25.2 Å². The first kappa shape index (κ1) is 28.4. The van der Waals surface area contributed by atoms with E-state index in [1.54, 1.807) is 24.3 Å². The molecule has 5 amide bonds. The maximum absolute atomic E-state index is 13.3. The molecule has 6 rings (SSSR count). The highest BCUT2D eigenvalue weighted by Gasteiger charge is 2.58. The lowest BCUT2D eigenvalue weighted by atomic mass is 9.93. The Labute approximate surface area is 244 Å². The smallest absolute Gasteiger partial charge is 0.322 e. The lowest BCUT2D eigenvalue weighted by Crippen LogP contribution is -2.62. The fourth-order valence-corrected chi connectivity index (χ4v) is 7.50. The van der Waals surface area contributed by atoms with Gasteiger partial charge in [0.05, 0.1) is 48.7 Å². The molecule has 3 fully saturated rings. The number of benzene rings is 2. The molecule has 224 valence electrons. The molecule has 4 aliphatic heterocycles. The third-order valence-electron chi connectivity index (χ3n) is 8.32. The second-order valence-corrected chi connectivity index (χ2v) is 13.2. The summed E-state index contributed by atoms with van der Waals surface area (Å²) in [5.74, 6) is -0.941. The largest absolute Gasteiger partial charge is 0.379 e. The van der Waals surface area contributed by atoms with Crippen molar-refractivity contribution in [3.05, 3.63) is 59.7 Å². The predicted octanol–water partition coefficient (Wildman–Crippen LogP) is 0.667. The number of morpholine rings is 1. The first-order chi connectivity index (χ1) is 20.1. The molecule has 0 aromatic heterocycles. The fraction of sp³-hybridized carbons (Fsp3) is 0.429. The molecule has 2 aromatic carbocycles. The Bertz CT molecular complexity index is 1400. The van der Waals surface area contributed by atoms with Crippen LogP contribution in [-0.4, -0.2) is 112 Å². The molecule has 0 aliphatic carbocycles. The van der Waals surface area contributed by atoms with Crippen LogP contribution in [0.25, 0.3) is 0 Å². The summed E-state index contributed by atoms with van der Waals surface area (Å²) < 4.78 is 26.2. The number of nitrogens with zero attached hydrogens (tertiary/aromatic N) is 3. The normalized spacial score (nSPS) is 26.0. The molecule has 2 unspecified atom stereocenters. The number of rotatable bonds is 6. The SMILES string of the molecule is O=C1NC(=O)C2(CN(C(=O)CN3CCOCC3)CC2NC(=O)c2ccc(CN3CCS(O)(O)c4ccccc43)cc2)N1. The van der Waals surface area contributed by atoms with Gasteiger partial charge in [-0.2, -0.15) is 10.6 Å². The van der Waals surface area contributed by atoms with E-state index in [1.165, 1.54) is 4.90 Å². The molecular formula is C28H34N6O7S. The van der Waals surface area contributed by atoms with E-state index in [-0.39, 0.29) is 31.3 Å². The molecule has 42 heavy (non-hydrogen) atoms. The Kier molecular flexibility index (Phi) is 7.57. The second-order valence-electron chi connectivity index (χ2n) is 11.0. The third kappa shape index (κ3) is 5.43. The van der Waals surface area contributed by atoms with Gasteiger partial charge in [0.2, 0.25) is 5.91 Å². The van der Waals surface area contributed by atoms with Gasteiger partial charge in [0, 0.05) is 38.3 Å². The summed E-state index contributed by atoms with van der Waals surface area (Å²) in [6.45, 7) is 3.56. The Balaban J connectivity index is 1.13. The maximum atomic E-state index is 13.3. The Morgan fingerprint density at radius 2 is 1.79 bits per heavy atom. The van der Waals surface area contributed by atoms with Gasteiger partial charge in [0.1, 0.15) is 0 Å². The number of urea groups is 1. The highest BCUT2D eigenvalue weighted by atomic mass is 32.3. The zero-order valence-corrected chi connectivity index (χ0v) is 23.8. The molecule has 13 nitrogen and oxygen atoms in total. The van der Waals surface area contributed by atoms with E-state index < -0.39 is 40.0 Å². The highest BCUT2D eigenvalue weighted by Crippen LogP contribution is 2.55. The van der Waals surface area contributed by atoms with E-state index >= 15 is 0 Å². The van der Waals surface area contributed by atoms with Crippen LogP contribution in [0.2, 0.25) is 0 Å². The quantitative estimate of drug-likeness (QED) is 0.301. The van der Waals surface area contributed by atoms with E-state index in [4.69, 9.17) is 4.74 Å². The lowest BCUT2D eigenvalue weighted by molar-refractivity contribution is -0.133. The summed E-state index contributed by atoms with van der Waals surface area (Å²) in [6.07, 6.45) is 0. The number of anilines is 1. The van der Waals surface area contributed by atoms with Crippen molar-refractivity contribution in [1.29, 1.82) is 0 Å². The molecule has 0 bridgehead atoms. The number of imide groups is 1. The van der Waals surface area contributed by atoms with Gasteiger partial charge in [-0.1, -0.05) is 24.3 Å². The molecule has 0 saturated carbocycles. The van der Waals surface area contributed by atoms with Crippen LogP contribution in [0.1, 0.15) is 15.9 Å². The highest BCUT2D eigenvalue weighted by molar-refractivity contribution is 8.24. The van der Waals surface area contributed by atoms with Crippen LogP contribution >= 0.6 is 10.6 Å². The zero-order valence-electron chi connectivity index (χ0n) is 23.0. The fourth-order valence-electron chi connectivity index (χ4n) is 5.97. The van der Waals surface area contributed by atoms with Crippen molar-refractivity contribution < 1.29 is 33.0 Å². The topological polar surface area (TPSA) is 164 Å². The summed E-state index contributed by atoms with van der Waals surface area (Å²) in [6, 6.07) is 12.8. The second kappa shape index (κ2) is 11.2. The zero-order chi connectivity index (χ0) is 29.5. The first-order valence-electron chi connectivity index (χ1n) is 13.9. The van der Waals surface area contributed by atoms with Gasteiger partial charge in [0.15, 0.2) is 5.54 Å². The van der Waals surface area contributed by atoms with E-state index in [1.807, 2.05) is 29.2 Å². The van der Waals surface area contributed by atoms with Gasteiger partial charge in [-0.25, -0.2) is 4.79 Å². The van der Waals surface area contributed by atoms with E-state index in [9.17, 15) is 28.3 Å².